The van der Waals surface area contributed by atoms with Crippen molar-refractivity contribution in [3.63, 3.8) is 0 Å². The van der Waals surface area contributed by atoms with Crippen LogP contribution in [0.5, 0.6) is 0 Å². The van der Waals surface area contributed by atoms with Crippen LogP contribution < -0.4 is 0 Å². The fourth-order valence-corrected chi connectivity index (χ4v) is 4.79. The Morgan fingerprint density at radius 1 is 1.15 bits per heavy atom. The third kappa shape index (κ3) is 4.27. The van der Waals surface area contributed by atoms with E-state index < -0.39 is 0 Å². The van der Waals surface area contributed by atoms with Crippen molar-refractivity contribution < 1.29 is 8.78 Å². The van der Waals surface area contributed by atoms with E-state index in [0.29, 0.717) is 17.9 Å². The molecule has 26 heavy (non-hydrogen) atoms. The van der Waals surface area contributed by atoms with Crippen molar-refractivity contribution in [1.29, 1.82) is 0 Å². The largest absolute Gasteiger partial charge is 0.207 e. The molecule has 0 unspecified atom stereocenters. The molecule has 0 nitrogen and oxygen atoms in total. The van der Waals surface area contributed by atoms with Crippen molar-refractivity contribution in [2.24, 2.45) is 5.92 Å². The summed E-state index contributed by atoms with van der Waals surface area (Å²) in [6.07, 6.45) is 16.3. The predicted octanol–water partition coefficient (Wildman–Crippen LogP) is 7.42. The minimum atomic E-state index is -0.309. The van der Waals surface area contributed by atoms with Gasteiger partial charge in [0.2, 0.25) is 0 Å². The average Bonchev–Trinajstić information content (AvgIpc) is 2.63. The fourth-order valence-electron chi connectivity index (χ4n) is 4.79. The summed E-state index contributed by atoms with van der Waals surface area (Å²) >= 11 is 0. The summed E-state index contributed by atoms with van der Waals surface area (Å²) in [5.74, 6) is 0.213. The summed E-state index contributed by atoms with van der Waals surface area (Å²) in [6.45, 7) is 4.20. The van der Waals surface area contributed by atoms with Gasteiger partial charge in [0.25, 0.3) is 0 Å². The maximum Gasteiger partial charge on any atom is 0.133 e. The molecule has 0 bridgehead atoms. The van der Waals surface area contributed by atoms with Crippen LogP contribution in [0.15, 0.2) is 29.9 Å². The van der Waals surface area contributed by atoms with E-state index in [1.54, 1.807) is 6.07 Å². The Kier molecular flexibility index (Phi) is 6.67. The molecule has 2 heteroatoms. The summed E-state index contributed by atoms with van der Waals surface area (Å²) in [6, 6.07) is 1.63. The van der Waals surface area contributed by atoms with Crippen LogP contribution in [0.3, 0.4) is 0 Å². The number of allylic oxidation sites excluding steroid dienone is 4. The van der Waals surface area contributed by atoms with Crippen molar-refractivity contribution >= 4 is 0 Å². The lowest BCUT2D eigenvalue weighted by atomic mass is 9.75. The van der Waals surface area contributed by atoms with Crippen molar-refractivity contribution in [3.05, 3.63) is 58.2 Å². The molecule has 0 aliphatic heterocycles. The van der Waals surface area contributed by atoms with E-state index in [9.17, 15) is 4.39 Å². The first-order valence-electron chi connectivity index (χ1n) is 10.4. The van der Waals surface area contributed by atoms with E-state index in [1.807, 2.05) is 0 Å². The standard InChI is InChI=1S/C24H32F2/c1-3-5-6-8-17-9-12-19(13-10-17)23-22(25)16-20-15-18(7-4-2)11-14-21(20)24(23)26/h3,5,11,16-17,19H,4,6-10,12-15H2,1-2H3. The molecule has 0 amide bonds. The Morgan fingerprint density at radius 2 is 1.92 bits per heavy atom. The highest BCUT2D eigenvalue weighted by atomic mass is 19.1. The van der Waals surface area contributed by atoms with E-state index >= 15 is 4.39 Å². The van der Waals surface area contributed by atoms with E-state index in [-0.39, 0.29) is 17.6 Å². The van der Waals surface area contributed by atoms with Gasteiger partial charge < -0.3 is 0 Å². The SMILES string of the molecule is CC=CCCC1CCC(c2c(F)cc3c(c2F)CC=C(CCC)C3)CC1. The van der Waals surface area contributed by atoms with E-state index in [4.69, 9.17) is 0 Å². The van der Waals surface area contributed by atoms with Gasteiger partial charge in [0.1, 0.15) is 11.6 Å². The fraction of sp³-hybridized carbons (Fsp3) is 0.583. The smallest absolute Gasteiger partial charge is 0.133 e. The maximum atomic E-state index is 15.2. The van der Waals surface area contributed by atoms with Crippen LogP contribution in [0, 0.1) is 17.6 Å². The molecular formula is C24H32F2. The minimum Gasteiger partial charge on any atom is -0.207 e. The molecule has 1 aromatic rings. The highest BCUT2D eigenvalue weighted by molar-refractivity contribution is 5.43. The minimum absolute atomic E-state index is 0.0549. The van der Waals surface area contributed by atoms with Gasteiger partial charge in [-0.15, -0.1) is 0 Å². The second kappa shape index (κ2) is 8.97. The van der Waals surface area contributed by atoms with Gasteiger partial charge in [-0.05, 0) is 93.7 Å². The molecule has 0 spiro atoms. The Hall–Kier alpha value is -1.44. The maximum absolute atomic E-state index is 15.2. The number of hydrogen-bond acceptors (Lipinski definition) is 0. The predicted molar refractivity (Wildman–Crippen MR) is 106 cm³/mol. The van der Waals surface area contributed by atoms with Crippen LogP contribution in [0.2, 0.25) is 0 Å². The first-order chi connectivity index (χ1) is 12.6. The third-order valence-corrected chi connectivity index (χ3v) is 6.26. The van der Waals surface area contributed by atoms with Gasteiger partial charge in [0.05, 0.1) is 0 Å². The second-order valence-electron chi connectivity index (χ2n) is 8.08. The van der Waals surface area contributed by atoms with Crippen molar-refractivity contribution in [3.8, 4) is 0 Å². The zero-order valence-electron chi connectivity index (χ0n) is 16.3. The summed E-state index contributed by atoms with van der Waals surface area (Å²) in [5.41, 5.74) is 3.32. The molecule has 0 aromatic heterocycles. The number of halogens is 2. The lowest BCUT2D eigenvalue weighted by Crippen LogP contribution is -2.18. The molecule has 0 saturated heterocycles. The highest BCUT2D eigenvalue weighted by Gasteiger charge is 2.29. The van der Waals surface area contributed by atoms with E-state index in [2.05, 4.69) is 32.1 Å². The van der Waals surface area contributed by atoms with Crippen molar-refractivity contribution in [2.75, 3.05) is 0 Å². The van der Waals surface area contributed by atoms with Crippen LogP contribution in [0.25, 0.3) is 0 Å². The molecule has 0 atom stereocenters. The van der Waals surface area contributed by atoms with Gasteiger partial charge in [-0.3, -0.25) is 0 Å². The molecule has 2 aliphatic rings. The Balaban J connectivity index is 1.71. The van der Waals surface area contributed by atoms with Gasteiger partial charge >= 0.3 is 0 Å². The monoisotopic (exact) mass is 358 g/mol. The summed E-state index contributed by atoms with van der Waals surface area (Å²) in [5, 5.41) is 0. The number of hydrogen-bond donors (Lipinski definition) is 0. The zero-order chi connectivity index (χ0) is 18.5. The molecule has 0 radical (unpaired) electrons. The van der Waals surface area contributed by atoms with Gasteiger partial charge in [-0.1, -0.05) is 37.1 Å². The Morgan fingerprint density at radius 3 is 2.62 bits per heavy atom. The normalized spacial score (nSPS) is 23.2. The van der Waals surface area contributed by atoms with Gasteiger partial charge in [-0.25, -0.2) is 8.78 Å². The molecule has 0 heterocycles. The van der Waals surface area contributed by atoms with Gasteiger partial charge in [-0.2, -0.15) is 0 Å². The van der Waals surface area contributed by atoms with E-state index in [0.717, 1.165) is 62.5 Å². The Labute approximate surface area is 157 Å². The van der Waals surface area contributed by atoms with Crippen LogP contribution in [0.4, 0.5) is 8.78 Å². The molecule has 2 aliphatic carbocycles. The van der Waals surface area contributed by atoms with E-state index in [1.165, 1.54) is 12.0 Å². The molecule has 0 N–H and O–H groups in total. The quantitative estimate of drug-likeness (QED) is 0.464. The molecule has 142 valence electrons. The summed E-state index contributed by atoms with van der Waals surface area (Å²) in [7, 11) is 0. The molecular weight excluding hydrogens is 326 g/mol. The average molecular weight is 359 g/mol. The Bertz CT molecular complexity index is 676. The topological polar surface area (TPSA) is 0 Å². The zero-order valence-corrected chi connectivity index (χ0v) is 16.3. The summed E-state index contributed by atoms with van der Waals surface area (Å²) in [4.78, 5) is 0. The van der Waals surface area contributed by atoms with Crippen LogP contribution >= 0.6 is 0 Å². The third-order valence-electron chi connectivity index (χ3n) is 6.26. The molecule has 1 saturated carbocycles. The first kappa shape index (κ1) is 19.3. The molecule has 1 aromatic carbocycles. The number of benzene rings is 1. The second-order valence-corrected chi connectivity index (χ2v) is 8.08. The van der Waals surface area contributed by atoms with Crippen LogP contribution in [-0.2, 0) is 12.8 Å². The lowest BCUT2D eigenvalue weighted by Gasteiger charge is -2.30. The highest BCUT2D eigenvalue weighted by Crippen LogP contribution is 2.41. The molecule has 3 rings (SSSR count). The van der Waals surface area contributed by atoms with Crippen molar-refractivity contribution in [2.45, 2.75) is 84.0 Å². The summed E-state index contributed by atoms with van der Waals surface area (Å²) < 4.78 is 30.0. The first-order valence-corrected chi connectivity index (χ1v) is 10.4. The number of rotatable bonds is 6. The van der Waals surface area contributed by atoms with Crippen LogP contribution in [-0.4, -0.2) is 0 Å². The number of fused-ring (bicyclic) bond motifs is 1. The lowest BCUT2D eigenvalue weighted by molar-refractivity contribution is 0.302. The molecule has 1 fully saturated rings. The van der Waals surface area contributed by atoms with Crippen LogP contribution in [0.1, 0.15) is 87.8 Å². The van der Waals surface area contributed by atoms with Crippen molar-refractivity contribution in [1.82, 2.24) is 0 Å². The van der Waals surface area contributed by atoms with Gasteiger partial charge in [0, 0.05) is 5.56 Å². The van der Waals surface area contributed by atoms with Gasteiger partial charge in [0.15, 0.2) is 0 Å².